The summed E-state index contributed by atoms with van der Waals surface area (Å²) in [6, 6.07) is 9.08. The Balaban J connectivity index is 1.61. The number of halogens is 2. The van der Waals surface area contributed by atoms with E-state index in [-0.39, 0.29) is 35.2 Å². The molecule has 0 atom stereocenters. The Bertz CT molecular complexity index is 1190. The largest absolute Gasteiger partial charge is 0.506 e. The molecule has 0 aliphatic carbocycles. The van der Waals surface area contributed by atoms with E-state index in [2.05, 4.69) is 26.8 Å². The lowest BCUT2D eigenvalue weighted by Crippen LogP contribution is -2.29. The first-order valence-electron chi connectivity index (χ1n) is 10.8. The molecule has 1 aromatic heterocycles. The van der Waals surface area contributed by atoms with Crippen molar-refractivity contribution in [2.45, 2.75) is 25.7 Å². The molecule has 1 fully saturated rings. The maximum Gasteiger partial charge on any atom is 0.227 e. The minimum absolute atomic E-state index is 0.0187. The van der Waals surface area contributed by atoms with Crippen molar-refractivity contribution in [2.75, 3.05) is 23.3 Å². The third-order valence-corrected chi connectivity index (χ3v) is 5.58. The first kappa shape index (κ1) is 22.4. The number of aromatic nitrogens is 2. The first-order valence-corrected chi connectivity index (χ1v) is 10.8. The molecule has 0 spiro atoms. The summed E-state index contributed by atoms with van der Waals surface area (Å²) in [5.41, 5.74) is 1.80. The second-order valence-corrected chi connectivity index (χ2v) is 7.92. The zero-order chi connectivity index (χ0) is 23.4. The number of phenols is 1. The van der Waals surface area contributed by atoms with Crippen molar-refractivity contribution in [3.05, 3.63) is 72.4 Å². The van der Waals surface area contributed by atoms with Crippen LogP contribution in [-0.2, 0) is 11.2 Å². The van der Waals surface area contributed by atoms with Gasteiger partial charge in [-0.3, -0.25) is 4.79 Å². The summed E-state index contributed by atoms with van der Waals surface area (Å²) < 4.78 is 28.7. The molecule has 0 radical (unpaired) electrons. The number of rotatable bonds is 7. The number of allylic oxidation sites excluding steroid dienone is 1. The van der Waals surface area contributed by atoms with Gasteiger partial charge in [-0.1, -0.05) is 6.58 Å². The number of carbonyl (C=O) groups excluding carboxylic acids is 1. The molecule has 3 aromatic rings. The predicted octanol–water partition coefficient (Wildman–Crippen LogP) is 5.16. The molecule has 0 unspecified atom stereocenters. The van der Waals surface area contributed by atoms with Crippen LogP contribution in [0.3, 0.4) is 0 Å². The van der Waals surface area contributed by atoms with E-state index in [0.717, 1.165) is 43.9 Å². The summed E-state index contributed by atoms with van der Waals surface area (Å²) in [4.78, 5) is 22.1. The highest BCUT2D eigenvalue weighted by atomic mass is 19.1. The number of nitrogens with zero attached hydrogens (tertiary/aromatic N) is 3. The number of phenolic OH excluding ortho intramolecular Hbond substituents is 1. The third-order valence-electron chi connectivity index (χ3n) is 5.58. The number of hydrogen-bond acceptors (Lipinski definition) is 6. The van der Waals surface area contributed by atoms with Gasteiger partial charge in [0.15, 0.2) is 11.6 Å². The Labute approximate surface area is 190 Å². The number of piperidine rings is 1. The minimum atomic E-state index is -0.673. The van der Waals surface area contributed by atoms with E-state index in [1.807, 2.05) is 6.07 Å². The monoisotopic (exact) mass is 450 g/mol. The second kappa shape index (κ2) is 9.77. The molecular weight excluding hydrogens is 426 g/mol. The van der Waals surface area contributed by atoms with Gasteiger partial charge in [0.25, 0.3) is 0 Å². The zero-order valence-electron chi connectivity index (χ0n) is 18.0. The Kier molecular flexibility index (Phi) is 6.63. The fraction of sp³-hybridized carbons (Fsp3) is 0.240. The van der Waals surface area contributed by atoms with Gasteiger partial charge < -0.3 is 15.3 Å². The van der Waals surface area contributed by atoms with Crippen LogP contribution in [0.25, 0.3) is 11.3 Å². The van der Waals surface area contributed by atoms with Gasteiger partial charge in [0.2, 0.25) is 5.95 Å². The molecule has 33 heavy (non-hydrogen) atoms. The Hall–Kier alpha value is -3.81. The van der Waals surface area contributed by atoms with E-state index < -0.39 is 11.6 Å². The number of anilines is 3. The van der Waals surface area contributed by atoms with Gasteiger partial charge in [-0.25, -0.2) is 18.7 Å². The summed E-state index contributed by atoms with van der Waals surface area (Å²) in [5, 5.41) is 13.3. The van der Waals surface area contributed by atoms with Gasteiger partial charge in [-0.15, -0.1) is 0 Å². The molecule has 0 amide bonds. The van der Waals surface area contributed by atoms with Crippen molar-refractivity contribution < 1.29 is 18.7 Å². The molecule has 6 nitrogen and oxygen atoms in total. The van der Waals surface area contributed by atoms with Crippen molar-refractivity contribution in [2.24, 2.45) is 0 Å². The van der Waals surface area contributed by atoms with Gasteiger partial charge in [0.05, 0.1) is 11.9 Å². The molecule has 1 aliphatic rings. The SMILES string of the molecule is C=CC(=O)Cc1cc(-c2nc(Nc3ccc(O)c(N4CCCCC4)c3)ncc2F)ccc1F. The highest BCUT2D eigenvalue weighted by Gasteiger charge is 2.17. The van der Waals surface area contributed by atoms with Crippen LogP contribution in [0.15, 0.2) is 55.3 Å². The van der Waals surface area contributed by atoms with E-state index in [1.54, 1.807) is 12.1 Å². The average Bonchev–Trinajstić information content (AvgIpc) is 2.83. The molecule has 1 saturated heterocycles. The van der Waals surface area contributed by atoms with Crippen molar-refractivity contribution >= 4 is 23.1 Å². The quantitative estimate of drug-likeness (QED) is 0.383. The summed E-state index contributed by atoms with van der Waals surface area (Å²) in [6.07, 6.45) is 5.30. The van der Waals surface area contributed by atoms with Crippen LogP contribution >= 0.6 is 0 Å². The Morgan fingerprint density at radius 2 is 1.91 bits per heavy atom. The van der Waals surface area contributed by atoms with Crippen LogP contribution in [0.1, 0.15) is 24.8 Å². The predicted molar refractivity (Wildman–Crippen MR) is 124 cm³/mol. The van der Waals surface area contributed by atoms with Crippen LogP contribution < -0.4 is 10.2 Å². The fourth-order valence-electron chi connectivity index (χ4n) is 3.87. The van der Waals surface area contributed by atoms with Gasteiger partial charge in [-0.2, -0.15) is 0 Å². The molecule has 2 N–H and O–H groups in total. The van der Waals surface area contributed by atoms with Crippen molar-refractivity contribution in [3.63, 3.8) is 0 Å². The van der Waals surface area contributed by atoms with Crippen LogP contribution in [0.5, 0.6) is 5.75 Å². The third kappa shape index (κ3) is 5.16. The Morgan fingerprint density at radius 1 is 1.12 bits per heavy atom. The number of aromatic hydroxyl groups is 1. The summed E-state index contributed by atoms with van der Waals surface area (Å²) in [7, 11) is 0. The zero-order valence-corrected chi connectivity index (χ0v) is 18.0. The van der Waals surface area contributed by atoms with E-state index in [0.29, 0.717) is 11.3 Å². The number of hydrogen-bond donors (Lipinski definition) is 2. The molecule has 1 aliphatic heterocycles. The van der Waals surface area contributed by atoms with Gasteiger partial charge >= 0.3 is 0 Å². The van der Waals surface area contributed by atoms with Crippen LogP contribution in [0.4, 0.5) is 26.1 Å². The first-order chi connectivity index (χ1) is 15.9. The molecule has 2 heterocycles. The molecule has 2 aromatic carbocycles. The maximum atomic E-state index is 14.5. The number of ketones is 1. The average molecular weight is 450 g/mol. The molecule has 170 valence electrons. The highest BCUT2D eigenvalue weighted by molar-refractivity contribution is 5.91. The van der Waals surface area contributed by atoms with Crippen molar-refractivity contribution in [1.82, 2.24) is 9.97 Å². The normalized spacial score (nSPS) is 13.6. The van der Waals surface area contributed by atoms with Crippen LogP contribution in [0.2, 0.25) is 0 Å². The Morgan fingerprint density at radius 3 is 2.67 bits per heavy atom. The minimum Gasteiger partial charge on any atom is -0.506 e. The van der Waals surface area contributed by atoms with Gasteiger partial charge in [0.1, 0.15) is 17.3 Å². The fourth-order valence-corrected chi connectivity index (χ4v) is 3.87. The maximum absolute atomic E-state index is 14.5. The summed E-state index contributed by atoms with van der Waals surface area (Å²) in [5.74, 6) is -1.23. The number of benzene rings is 2. The molecular formula is C25H24F2N4O2. The van der Waals surface area contributed by atoms with Gasteiger partial charge in [-0.05, 0) is 67.3 Å². The number of nitrogens with one attached hydrogen (secondary N) is 1. The molecule has 4 rings (SSSR count). The molecule has 0 bridgehead atoms. The lowest BCUT2D eigenvalue weighted by Gasteiger charge is -2.29. The van der Waals surface area contributed by atoms with Crippen LogP contribution in [-0.4, -0.2) is 33.9 Å². The van der Waals surface area contributed by atoms with Crippen LogP contribution in [0, 0.1) is 11.6 Å². The van der Waals surface area contributed by atoms with Gasteiger partial charge in [0, 0.05) is 30.8 Å². The number of carbonyl (C=O) groups is 1. The van der Waals surface area contributed by atoms with Crippen molar-refractivity contribution in [3.8, 4) is 17.0 Å². The summed E-state index contributed by atoms with van der Waals surface area (Å²) in [6.45, 7) is 5.14. The van der Waals surface area contributed by atoms with E-state index in [9.17, 15) is 18.7 Å². The lowest BCUT2D eigenvalue weighted by molar-refractivity contribution is -0.114. The topological polar surface area (TPSA) is 78.3 Å². The van der Waals surface area contributed by atoms with E-state index in [1.165, 1.54) is 24.6 Å². The van der Waals surface area contributed by atoms with E-state index >= 15 is 0 Å². The smallest absolute Gasteiger partial charge is 0.227 e. The standard InChI is InChI=1S/C25H24F2N4O2/c1-2-19(32)13-17-12-16(6-8-20(17)26)24-21(27)15-28-25(30-24)29-18-7-9-23(33)22(14-18)31-10-4-3-5-11-31/h2,6-9,12,14-15,33H,1,3-5,10-11,13H2,(H,28,29,30). The van der Waals surface area contributed by atoms with E-state index in [4.69, 9.17) is 0 Å². The molecule has 0 saturated carbocycles. The second-order valence-electron chi connectivity index (χ2n) is 7.92. The molecule has 8 heteroatoms. The highest BCUT2D eigenvalue weighted by Crippen LogP contribution is 2.33. The van der Waals surface area contributed by atoms with Crippen molar-refractivity contribution in [1.29, 1.82) is 0 Å². The summed E-state index contributed by atoms with van der Waals surface area (Å²) >= 11 is 0. The lowest BCUT2D eigenvalue weighted by atomic mass is 10.0.